The van der Waals surface area contributed by atoms with Gasteiger partial charge >= 0.3 is 5.97 Å². The number of carboxylic acid groups (broad SMARTS) is 1. The van der Waals surface area contributed by atoms with Gasteiger partial charge in [-0.1, -0.05) is 24.6 Å². The molecule has 94 valence electrons. The van der Waals surface area contributed by atoms with Crippen LogP contribution in [0.25, 0.3) is 0 Å². The van der Waals surface area contributed by atoms with Gasteiger partial charge in [-0.3, -0.25) is 4.79 Å². The van der Waals surface area contributed by atoms with Crippen molar-refractivity contribution in [3.05, 3.63) is 34.1 Å². The average molecular weight is 260 g/mol. The molecule has 0 heterocycles. The average Bonchev–Trinajstić information content (AvgIpc) is 2.29. The van der Waals surface area contributed by atoms with Crippen LogP contribution in [0.1, 0.15) is 36.9 Å². The number of hydrogen-bond acceptors (Lipinski definition) is 2. The molecule has 0 radical (unpaired) electrons. The van der Waals surface area contributed by atoms with E-state index in [1.165, 1.54) is 6.07 Å². The third-order valence-corrected chi connectivity index (χ3v) is 2.88. The minimum atomic E-state index is -0.899. The second-order valence-corrected chi connectivity index (χ2v) is 4.28. The maximum atomic E-state index is 13.5. The second-order valence-electron chi connectivity index (χ2n) is 3.87. The van der Waals surface area contributed by atoms with E-state index in [4.69, 9.17) is 22.4 Å². The zero-order valence-corrected chi connectivity index (χ0v) is 10.3. The van der Waals surface area contributed by atoms with Crippen LogP contribution in [-0.4, -0.2) is 11.1 Å². The van der Waals surface area contributed by atoms with Crippen LogP contribution in [0.3, 0.4) is 0 Å². The fourth-order valence-electron chi connectivity index (χ4n) is 1.59. The Morgan fingerprint density at radius 2 is 2.24 bits per heavy atom. The zero-order chi connectivity index (χ0) is 13.0. The maximum absolute atomic E-state index is 13.5. The number of benzene rings is 1. The summed E-state index contributed by atoms with van der Waals surface area (Å²) in [6.45, 7) is 1.82. The van der Waals surface area contributed by atoms with Crippen molar-refractivity contribution in [2.75, 3.05) is 0 Å². The molecule has 0 aliphatic carbocycles. The number of hydrogen-bond donors (Lipinski definition) is 2. The van der Waals surface area contributed by atoms with Gasteiger partial charge in [-0.25, -0.2) is 4.39 Å². The Labute approximate surface area is 104 Å². The van der Waals surface area contributed by atoms with E-state index in [2.05, 4.69) is 0 Å². The molecule has 1 aromatic rings. The van der Waals surface area contributed by atoms with Crippen LogP contribution in [0, 0.1) is 5.82 Å². The molecule has 0 amide bonds. The number of carboxylic acids is 1. The smallest absolute Gasteiger partial charge is 0.303 e. The molecule has 1 aromatic carbocycles. The highest BCUT2D eigenvalue weighted by molar-refractivity contribution is 6.30. The minimum absolute atomic E-state index is 0.0162. The summed E-state index contributed by atoms with van der Waals surface area (Å²) in [6.07, 6.45) is 0.809. The fourth-order valence-corrected chi connectivity index (χ4v) is 1.83. The third-order valence-electron chi connectivity index (χ3n) is 2.60. The molecule has 0 fully saturated rings. The molecule has 1 atom stereocenters. The number of nitrogens with two attached hydrogens (primary N) is 1. The molecule has 0 aromatic heterocycles. The Balaban J connectivity index is 2.90. The summed E-state index contributed by atoms with van der Waals surface area (Å²) in [5.74, 6) is -1.33. The van der Waals surface area contributed by atoms with Gasteiger partial charge in [0.05, 0.1) is 5.02 Å². The minimum Gasteiger partial charge on any atom is -0.481 e. The molecule has 17 heavy (non-hydrogen) atoms. The molecular formula is C12H15ClFNO2. The van der Waals surface area contributed by atoms with Gasteiger partial charge in [-0.15, -0.1) is 0 Å². The van der Waals surface area contributed by atoms with Gasteiger partial charge in [0.15, 0.2) is 0 Å². The number of rotatable bonds is 5. The monoisotopic (exact) mass is 259 g/mol. The van der Waals surface area contributed by atoms with Gasteiger partial charge in [-0.2, -0.15) is 0 Å². The summed E-state index contributed by atoms with van der Waals surface area (Å²) in [4.78, 5) is 10.4. The summed E-state index contributed by atoms with van der Waals surface area (Å²) < 4.78 is 13.5. The van der Waals surface area contributed by atoms with Gasteiger partial charge in [0.1, 0.15) is 5.82 Å². The lowest BCUT2D eigenvalue weighted by Crippen LogP contribution is -2.13. The Morgan fingerprint density at radius 3 is 2.76 bits per heavy atom. The first-order chi connectivity index (χ1) is 7.95. The van der Waals surface area contributed by atoms with E-state index in [-0.39, 0.29) is 11.4 Å². The van der Waals surface area contributed by atoms with Gasteiger partial charge < -0.3 is 10.8 Å². The summed E-state index contributed by atoms with van der Waals surface area (Å²) in [5.41, 5.74) is 7.02. The highest BCUT2D eigenvalue weighted by atomic mass is 35.5. The predicted octanol–water partition coefficient (Wildman–Crippen LogP) is 2.91. The van der Waals surface area contributed by atoms with Crippen molar-refractivity contribution in [3.63, 3.8) is 0 Å². The molecular weight excluding hydrogens is 245 g/mol. The molecule has 5 heteroatoms. The standard InChI is InChI=1S/C12H15ClFNO2/c1-2-7-5-8(6-9(13)12(7)14)10(15)3-4-11(16)17/h5-6,10H,2-4,15H2,1H3,(H,16,17). The van der Waals surface area contributed by atoms with Gasteiger partial charge in [0.2, 0.25) is 0 Å². The van der Waals surface area contributed by atoms with Crippen LogP contribution in [0.5, 0.6) is 0 Å². The number of aliphatic carboxylic acids is 1. The van der Waals surface area contributed by atoms with Crippen molar-refractivity contribution < 1.29 is 14.3 Å². The van der Waals surface area contributed by atoms with Crippen LogP contribution in [-0.2, 0) is 11.2 Å². The van der Waals surface area contributed by atoms with Crippen LogP contribution in [0.2, 0.25) is 5.02 Å². The number of halogens is 2. The van der Waals surface area contributed by atoms with Crippen LogP contribution in [0.4, 0.5) is 4.39 Å². The lowest BCUT2D eigenvalue weighted by molar-refractivity contribution is -0.137. The Hall–Kier alpha value is -1.13. The van der Waals surface area contributed by atoms with Crippen molar-refractivity contribution in [3.8, 4) is 0 Å². The molecule has 0 saturated heterocycles. The molecule has 0 saturated carbocycles. The molecule has 3 nitrogen and oxygen atoms in total. The topological polar surface area (TPSA) is 63.3 Å². The summed E-state index contributed by atoms with van der Waals surface area (Å²) >= 11 is 5.76. The van der Waals surface area contributed by atoms with Crippen molar-refractivity contribution in [2.24, 2.45) is 5.73 Å². The van der Waals surface area contributed by atoms with Gasteiger partial charge in [0, 0.05) is 12.5 Å². The number of carbonyl (C=O) groups is 1. The van der Waals surface area contributed by atoms with Crippen molar-refractivity contribution in [1.29, 1.82) is 0 Å². The van der Waals surface area contributed by atoms with Gasteiger partial charge in [-0.05, 0) is 30.0 Å². The highest BCUT2D eigenvalue weighted by Crippen LogP contribution is 2.25. The van der Waals surface area contributed by atoms with Gasteiger partial charge in [0.25, 0.3) is 0 Å². The Bertz CT molecular complexity index is 423. The first-order valence-electron chi connectivity index (χ1n) is 5.40. The summed E-state index contributed by atoms with van der Waals surface area (Å²) in [6, 6.07) is 2.67. The predicted molar refractivity (Wildman–Crippen MR) is 64.6 cm³/mol. The summed E-state index contributed by atoms with van der Waals surface area (Å²) in [7, 11) is 0. The van der Waals surface area contributed by atoms with Crippen molar-refractivity contribution in [1.82, 2.24) is 0 Å². The van der Waals surface area contributed by atoms with E-state index in [0.29, 0.717) is 24.0 Å². The molecule has 0 aliphatic rings. The lowest BCUT2D eigenvalue weighted by Gasteiger charge is -2.13. The Morgan fingerprint density at radius 1 is 1.59 bits per heavy atom. The molecule has 0 aliphatic heterocycles. The SMILES string of the molecule is CCc1cc(C(N)CCC(=O)O)cc(Cl)c1F. The van der Waals surface area contributed by atoms with E-state index in [1.807, 2.05) is 6.92 Å². The first-order valence-corrected chi connectivity index (χ1v) is 5.78. The van der Waals surface area contributed by atoms with E-state index >= 15 is 0 Å². The molecule has 1 rings (SSSR count). The Kier molecular flexibility index (Phi) is 4.90. The van der Waals surface area contributed by atoms with E-state index in [9.17, 15) is 9.18 Å². The van der Waals surface area contributed by atoms with Crippen LogP contribution >= 0.6 is 11.6 Å². The molecule has 0 bridgehead atoms. The third kappa shape index (κ3) is 3.68. The van der Waals surface area contributed by atoms with Crippen molar-refractivity contribution >= 4 is 17.6 Å². The first kappa shape index (κ1) is 13.9. The van der Waals surface area contributed by atoms with Crippen LogP contribution in [0.15, 0.2) is 12.1 Å². The maximum Gasteiger partial charge on any atom is 0.303 e. The van der Waals surface area contributed by atoms with E-state index < -0.39 is 17.8 Å². The van der Waals surface area contributed by atoms with E-state index in [0.717, 1.165) is 0 Å². The number of aryl methyl sites for hydroxylation is 1. The normalized spacial score (nSPS) is 12.5. The zero-order valence-electron chi connectivity index (χ0n) is 9.54. The lowest BCUT2D eigenvalue weighted by atomic mass is 9.99. The summed E-state index contributed by atoms with van der Waals surface area (Å²) in [5, 5.41) is 8.60. The highest BCUT2D eigenvalue weighted by Gasteiger charge is 2.13. The fraction of sp³-hybridized carbons (Fsp3) is 0.417. The van der Waals surface area contributed by atoms with Crippen molar-refractivity contribution in [2.45, 2.75) is 32.2 Å². The van der Waals surface area contributed by atoms with Crippen LogP contribution < -0.4 is 5.73 Å². The van der Waals surface area contributed by atoms with E-state index in [1.54, 1.807) is 6.07 Å². The molecule has 1 unspecified atom stereocenters. The molecule has 0 spiro atoms. The largest absolute Gasteiger partial charge is 0.481 e. The second kappa shape index (κ2) is 5.98. The molecule has 3 N–H and O–H groups in total. The quantitative estimate of drug-likeness (QED) is 0.855.